The number of amides is 1. The molecular weight excluding hydrogens is 392 g/mol. The molecule has 1 N–H and O–H groups in total. The number of hydrogen-bond acceptors (Lipinski definition) is 4. The number of halogens is 1. The molecule has 1 aliphatic heterocycles. The van der Waals surface area contributed by atoms with Crippen molar-refractivity contribution < 1.29 is 4.79 Å². The van der Waals surface area contributed by atoms with Gasteiger partial charge in [0.25, 0.3) is 0 Å². The number of nitrogens with one attached hydrogen (secondary N) is 1. The van der Waals surface area contributed by atoms with Gasteiger partial charge < -0.3 is 5.32 Å². The second kappa shape index (κ2) is 10.2. The molecule has 2 aromatic heterocycles. The third-order valence-corrected chi connectivity index (χ3v) is 6.53. The van der Waals surface area contributed by atoms with E-state index in [9.17, 15) is 4.79 Å². The van der Waals surface area contributed by atoms with Crippen molar-refractivity contribution in [1.29, 1.82) is 0 Å². The predicted octanol–water partition coefficient (Wildman–Crippen LogP) is 4.67. The van der Waals surface area contributed by atoms with Crippen molar-refractivity contribution in [2.75, 3.05) is 19.6 Å². The van der Waals surface area contributed by atoms with E-state index < -0.39 is 0 Å². The average molecular weight is 421 g/mol. The molecule has 1 fully saturated rings. The van der Waals surface area contributed by atoms with Gasteiger partial charge in [0.05, 0.1) is 11.7 Å². The van der Waals surface area contributed by atoms with Crippen LogP contribution >= 0.6 is 22.9 Å². The molecule has 0 aliphatic carbocycles. The Morgan fingerprint density at radius 1 is 1.43 bits per heavy atom. The van der Waals surface area contributed by atoms with Gasteiger partial charge in [-0.1, -0.05) is 31.0 Å². The highest BCUT2D eigenvalue weighted by Crippen LogP contribution is 2.28. The molecule has 1 amide bonds. The molecular formula is C21H29ClN4OS. The summed E-state index contributed by atoms with van der Waals surface area (Å²) in [5, 5.41) is 10.2. The molecule has 0 bridgehead atoms. The molecule has 28 heavy (non-hydrogen) atoms. The molecule has 1 saturated heterocycles. The Labute approximate surface area is 176 Å². The van der Waals surface area contributed by atoms with Gasteiger partial charge in [0.1, 0.15) is 5.15 Å². The number of hydrogen-bond donors (Lipinski definition) is 1. The van der Waals surface area contributed by atoms with Crippen molar-refractivity contribution in [3.05, 3.63) is 44.9 Å². The van der Waals surface area contributed by atoms with Gasteiger partial charge >= 0.3 is 0 Å². The standard InChI is InChI=1S/C21H29ClN4OS/c1-3-4-13-26-21(22)17(16(2)24-26)9-10-20(27)23-15-18(19-8-7-14-28-19)25-11-5-6-12-25/h7-10,14,18H,3-6,11-13,15H2,1-2H3,(H,23,27)/b10-9+. The van der Waals surface area contributed by atoms with E-state index >= 15 is 0 Å². The molecule has 2 aromatic rings. The fourth-order valence-electron chi connectivity index (χ4n) is 3.57. The number of likely N-dealkylation sites (tertiary alicyclic amines) is 1. The Kier molecular flexibility index (Phi) is 7.71. The highest BCUT2D eigenvalue weighted by Gasteiger charge is 2.24. The van der Waals surface area contributed by atoms with Crippen LogP contribution in [0, 0.1) is 6.92 Å². The van der Waals surface area contributed by atoms with Crippen LogP contribution in [0.1, 0.15) is 54.8 Å². The molecule has 3 rings (SSSR count). The lowest BCUT2D eigenvalue weighted by atomic mass is 10.2. The van der Waals surface area contributed by atoms with E-state index in [1.807, 2.05) is 11.6 Å². The lowest BCUT2D eigenvalue weighted by molar-refractivity contribution is -0.116. The SMILES string of the molecule is CCCCn1nc(C)c(/C=C/C(=O)NCC(c2cccs2)N2CCCC2)c1Cl. The molecule has 0 radical (unpaired) electrons. The van der Waals surface area contributed by atoms with Gasteiger partial charge in [-0.3, -0.25) is 14.4 Å². The summed E-state index contributed by atoms with van der Waals surface area (Å²) in [5.41, 5.74) is 1.67. The summed E-state index contributed by atoms with van der Waals surface area (Å²) < 4.78 is 1.82. The molecule has 5 nitrogen and oxygen atoms in total. The van der Waals surface area contributed by atoms with Crippen LogP contribution in [0.4, 0.5) is 0 Å². The molecule has 0 spiro atoms. The molecule has 1 atom stereocenters. The summed E-state index contributed by atoms with van der Waals surface area (Å²) in [7, 11) is 0. The van der Waals surface area contributed by atoms with E-state index in [1.165, 1.54) is 17.7 Å². The van der Waals surface area contributed by atoms with Crippen LogP contribution in [0.2, 0.25) is 5.15 Å². The van der Waals surface area contributed by atoms with E-state index in [1.54, 1.807) is 23.5 Å². The first-order valence-corrected chi connectivity index (χ1v) is 11.3. The van der Waals surface area contributed by atoms with Gasteiger partial charge in [0, 0.05) is 29.6 Å². The van der Waals surface area contributed by atoms with Crippen molar-refractivity contribution in [2.24, 2.45) is 0 Å². The Bertz CT molecular complexity index is 794. The number of carbonyl (C=O) groups is 1. The average Bonchev–Trinajstić information content (AvgIpc) is 3.43. The molecule has 7 heteroatoms. The van der Waals surface area contributed by atoms with Gasteiger partial charge in [-0.2, -0.15) is 5.10 Å². The van der Waals surface area contributed by atoms with Gasteiger partial charge in [-0.15, -0.1) is 11.3 Å². The highest BCUT2D eigenvalue weighted by molar-refractivity contribution is 7.10. The molecule has 0 saturated carbocycles. The van der Waals surface area contributed by atoms with Crippen LogP contribution in [0.15, 0.2) is 23.6 Å². The topological polar surface area (TPSA) is 50.2 Å². The van der Waals surface area contributed by atoms with Crippen LogP contribution in [0.25, 0.3) is 6.08 Å². The number of unbranched alkanes of at least 4 members (excludes halogenated alkanes) is 1. The maximum Gasteiger partial charge on any atom is 0.244 e. The van der Waals surface area contributed by atoms with E-state index in [0.29, 0.717) is 11.7 Å². The predicted molar refractivity (Wildman–Crippen MR) is 117 cm³/mol. The monoisotopic (exact) mass is 420 g/mol. The number of nitrogens with zero attached hydrogens (tertiary/aromatic N) is 3. The van der Waals surface area contributed by atoms with Crippen LogP contribution in [0.3, 0.4) is 0 Å². The molecule has 152 valence electrons. The number of thiophene rings is 1. The molecule has 3 heterocycles. The second-order valence-electron chi connectivity index (χ2n) is 7.22. The van der Waals surface area contributed by atoms with Crippen molar-refractivity contribution in [3.8, 4) is 0 Å². The summed E-state index contributed by atoms with van der Waals surface area (Å²) >= 11 is 8.20. The highest BCUT2D eigenvalue weighted by atomic mass is 35.5. The summed E-state index contributed by atoms with van der Waals surface area (Å²) in [5.74, 6) is -0.0995. The maximum absolute atomic E-state index is 12.4. The Hall–Kier alpha value is -1.63. The summed E-state index contributed by atoms with van der Waals surface area (Å²) in [6.45, 7) is 7.67. The quantitative estimate of drug-likeness (QED) is 0.599. The van der Waals surface area contributed by atoms with Gasteiger partial charge in [0.2, 0.25) is 5.91 Å². The minimum absolute atomic E-state index is 0.0995. The van der Waals surface area contributed by atoms with Gasteiger partial charge in [0.15, 0.2) is 0 Å². The Balaban J connectivity index is 1.61. The fourth-order valence-corrected chi connectivity index (χ4v) is 4.75. The van der Waals surface area contributed by atoms with Crippen LogP contribution < -0.4 is 5.32 Å². The first-order valence-electron chi connectivity index (χ1n) is 10.1. The lowest BCUT2D eigenvalue weighted by Gasteiger charge is -2.26. The van der Waals surface area contributed by atoms with Crippen molar-refractivity contribution in [2.45, 2.75) is 52.1 Å². The second-order valence-corrected chi connectivity index (χ2v) is 8.56. The van der Waals surface area contributed by atoms with E-state index in [-0.39, 0.29) is 11.9 Å². The minimum atomic E-state index is -0.0995. The summed E-state index contributed by atoms with van der Waals surface area (Å²) in [6.07, 6.45) is 7.93. The zero-order valence-electron chi connectivity index (χ0n) is 16.7. The van der Waals surface area contributed by atoms with Crippen molar-refractivity contribution in [1.82, 2.24) is 20.0 Å². The van der Waals surface area contributed by atoms with E-state index in [4.69, 9.17) is 11.6 Å². The Morgan fingerprint density at radius 3 is 2.89 bits per heavy atom. The zero-order chi connectivity index (χ0) is 19.9. The summed E-state index contributed by atoms with van der Waals surface area (Å²) in [6, 6.07) is 4.48. The van der Waals surface area contributed by atoms with Crippen LogP contribution in [-0.4, -0.2) is 40.2 Å². The van der Waals surface area contributed by atoms with Crippen LogP contribution in [-0.2, 0) is 11.3 Å². The smallest absolute Gasteiger partial charge is 0.244 e. The van der Waals surface area contributed by atoms with E-state index in [2.05, 4.69) is 39.8 Å². The number of aryl methyl sites for hydroxylation is 2. The summed E-state index contributed by atoms with van der Waals surface area (Å²) in [4.78, 5) is 16.2. The lowest BCUT2D eigenvalue weighted by Crippen LogP contribution is -2.35. The maximum atomic E-state index is 12.4. The van der Waals surface area contributed by atoms with Gasteiger partial charge in [-0.25, -0.2) is 0 Å². The molecule has 1 aliphatic rings. The first kappa shape index (κ1) is 21.1. The minimum Gasteiger partial charge on any atom is -0.351 e. The van der Waals surface area contributed by atoms with Crippen molar-refractivity contribution in [3.63, 3.8) is 0 Å². The zero-order valence-corrected chi connectivity index (χ0v) is 18.2. The largest absolute Gasteiger partial charge is 0.351 e. The third-order valence-electron chi connectivity index (χ3n) is 5.16. The Morgan fingerprint density at radius 2 is 2.21 bits per heavy atom. The fraction of sp³-hybridized carbons (Fsp3) is 0.524. The third kappa shape index (κ3) is 5.25. The normalized spacial score (nSPS) is 16.1. The number of carbonyl (C=O) groups excluding carboxylic acids is 1. The first-order chi connectivity index (χ1) is 13.6. The van der Waals surface area contributed by atoms with Crippen LogP contribution in [0.5, 0.6) is 0 Å². The van der Waals surface area contributed by atoms with Crippen molar-refractivity contribution >= 4 is 34.9 Å². The molecule has 0 aromatic carbocycles. The molecule has 1 unspecified atom stereocenters. The number of rotatable bonds is 9. The van der Waals surface area contributed by atoms with Gasteiger partial charge in [-0.05, 0) is 56.8 Å². The van der Waals surface area contributed by atoms with E-state index in [0.717, 1.165) is 43.7 Å². The number of aromatic nitrogens is 2.